The highest BCUT2D eigenvalue weighted by molar-refractivity contribution is 5.79. The molecule has 4 aliphatic carbocycles. The summed E-state index contributed by atoms with van der Waals surface area (Å²) in [6.45, 7) is 5.52. The zero-order valence-electron chi connectivity index (χ0n) is 14.6. The minimum absolute atomic E-state index is 0.129. The molecule has 0 aliphatic heterocycles. The zero-order chi connectivity index (χ0) is 16.2. The van der Waals surface area contributed by atoms with E-state index >= 15 is 0 Å². The lowest BCUT2D eigenvalue weighted by Gasteiger charge is -2.60. The zero-order valence-corrected chi connectivity index (χ0v) is 14.6. The first-order valence-electron chi connectivity index (χ1n) is 9.60. The van der Waals surface area contributed by atoms with Gasteiger partial charge in [-0.3, -0.25) is 9.59 Å². The van der Waals surface area contributed by atoms with Crippen LogP contribution in [-0.2, 0) is 14.3 Å². The summed E-state index contributed by atoms with van der Waals surface area (Å²) in [4.78, 5) is 22.8. The second-order valence-corrected chi connectivity index (χ2v) is 9.24. The Bertz CT molecular complexity index is 515. The number of carbonyl (C=O) groups is 2. The van der Waals surface area contributed by atoms with E-state index < -0.39 is 0 Å². The van der Waals surface area contributed by atoms with Crippen LogP contribution in [0.4, 0.5) is 0 Å². The van der Waals surface area contributed by atoms with E-state index in [1.807, 2.05) is 0 Å². The first kappa shape index (κ1) is 15.7. The minimum Gasteiger partial charge on any atom is -0.464 e. The van der Waals surface area contributed by atoms with Gasteiger partial charge in [0.25, 0.3) is 6.47 Å². The molecule has 4 fully saturated rings. The number of Topliss-reactive ketones (excluding diaryl/α,β-unsaturated/α-hetero) is 1. The number of carbonyl (C=O) groups excluding carboxylic acids is 2. The van der Waals surface area contributed by atoms with Gasteiger partial charge in [-0.1, -0.05) is 13.8 Å². The molecule has 0 spiro atoms. The third-order valence-corrected chi connectivity index (χ3v) is 8.61. The molecule has 0 radical (unpaired) electrons. The largest absolute Gasteiger partial charge is 0.464 e. The highest BCUT2D eigenvalue weighted by Crippen LogP contribution is 2.66. The molecule has 0 amide bonds. The van der Waals surface area contributed by atoms with E-state index in [1.165, 1.54) is 32.1 Å². The van der Waals surface area contributed by atoms with Gasteiger partial charge in [0.1, 0.15) is 11.9 Å². The van der Waals surface area contributed by atoms with Crippen LogP contribution in [0.25, 0.3) is 0 Å². The lowest BCUT2D eigenvalue weighted by Crippen LogP contribution is -2.54. The van der Waals surface area contributed by atoms with Crippen LogP contribution in [0.1, 0.15) is 71.6 Å². The van der Waals surface area contributed by atoms with Crippen LogP contribution in [-0.4, -0.2) is 18.4 Å². The molecule has 128 valence electrons. The Labute approximate surface area is 139 Å². The van der Waals surface area contributed by atoms with Crippen LogP contribution in [0, 0.1) is 34.5 Å². The van der Waals surface area contributed by atoms with Crippen LogP contribution < -0.4 is 0 Å². The first-order chi connectivity index (χ1) is 11.0. The maximum Gasteiger partial charge on any atom is 0.293 e. The topological polar surface area (TPSA) is 43.4 Å². The lowest BCUT2D eigenvalue weighted by atomic mass is 9.45. The van der Waals surface area contributed by atoms with E-state index in [9.17, 15) is 9.59 Å². The minimum atomic E-state index is 0.129. The van der Waals surface area contributed by atoms with Crippen molar-refractivity contribution in [1.82, 2.24) is 0 Å². The molecule has 4 saturated carbocycles. The van der Waals surface area contributed by atoms with Crippen LogP contribution >= 0.6 is 0 Å². The van der Waals surface area contributed by atoms with E-state index in [2.05, 4.69) is 13.8 Å². The molecule has 0 aromatic carbocycles. The van der Waals surface area contributed by atoms with Gasteiger partial charge in [0.2, 0.25) is 0 Å². The molecule has 0 aromatic rings. The van der Waals surface area contributed by atoms with E-state index in [4.69, 9.17) is 4.74 Å². The van der Waals surface area contributed by atoms with Crippen LogP contribution in [0.15, 0.2) is 0 Å². The molecule has 0 saturated heterocycles. The number of hydrogen-bond donors (Lipinski definition) is 0. The quantitative estimate of drug-likeness (QED) is 0.719. The summed E-state index contributed by atoms with van der Waals surface area (Å²) in [5, 5.41) is 0. The molecule has 23 heavy (non-hydrogen) atoms. The second kappa shape index (κ2) is 5.32. The van der Waals surface area contributed by atoms with Crippen molar-refractivity contribution in [1.29, 1.82) is 0 Å². The maximum atomic E-state index is 11.9. The summed E-state index contributed by atoms with van der Waals surface area (Å²) in [5.41, 5.74) is 0.567. The Morgan fingerprint density at radius 2 is 1.78 bits per heavy atom. The molecule has 3 heteroatoms. The third-order valence-electron chi connectivity index (χ3n) is 8.61. The average molecular weight is 318 g/mol. The number of ether oxygens (including phenoxy) is 1. The Hall–Kier alpha value is -0.860. The van der Waals surface area contributed by atoms with Gasteiger partial charge in [0.15, 0.2) is 0 Å². The summed E-state index contributed by atoms with van der Waals surface area (Å²) < 4.78 is 5.48. The van der Waals surface area contributed by atoms with Crippen molar-refractivity contribution >= 4 is 12.3 Å². The number of ketones is 1. The molecule has 4 rings (SSSR count). The average Bonchev–Trinajstić information content (AvgIpc) is 2.85. The van der Waals surface area contributed by atoms with E-state index in [0.29, 0.717) is 29.5 Å². The molecular formula is C20H30O3. The third kappa shape index (κ3) is 2.14. The Kier molecular flexibility index (Phi) is 3.62. The van der Waals surface area contributed by atoms with Gasteiger partial charge in [0.05, 0.1) is 0 Å². The van der Waals surface area contributed by atoms with Crippen molar-refractivity contribution in [2.24, 2.45) is 34.5 Å². The van der Waals surface area contributed by atoms with Gasteiger partial charge in [-0.2, -0.15) is 0 Å². The maximum absolute atomic E-state index is 11.9. The van der Waals surface area contributed by atoms with Gasteiger partial charge in [-0.15, -0.1) is 0 Å². The number of rotatable bonds is 2. The summed E-state index contributed by atoms with van der Waals surface area (Å²) in [7, 11) is 0. The fraction of sp³-hybridized carbons (Fsp3) is 0.900. The summed E-state index contributed by atoms with van der Waals surface area (Å²) >= 11 is 0. The van der Waals surface area contributed by atoms with Gasteiger partial charge >= 0.3 is 0 Å². The van der Waals surface area contributed by atoms with Crippen LogP contribution in [0.5, 0.6) is 0 Å². The predicted molar refractivity (Wildman–Crippen MR) is 87.7 cm³/mol. The second-order valence-electron chi connectivity index (χ2n) is 9.24. The van der Waals surface area contributed by atoms with E-state index in [1.54, 1.807) is 0 Å². The Morgan fingerprint density at radius 1 is 1.00 bits per heavy atom. The van der Waals surface area contributed by atoms with Crippen molar-refractivity contribution < 1.29 is 14.3 Å². The normalized spacial score (nSPS) is 52.3. The molecule has 0 bridgehead atoms. The molecule has 4 aliphatic rings. The fourth-order valence-corrected chi connectivity index (χ4v) is 7.29. The number of hydrogen-bond acceptors (Lipinski definition) is 3. The van der Waals surface area contributed by atoms with Crippen LogP contribution in [0.2, 0.25) is 0 Å². The van der Waals surface area contributed by atoms with Gasteiger partial charge in [-0.05, 0) is 74.0 Å². The van der Waals surface area contributed by atoms with Crippen molar-refractivity contribution in [3.05, 3.63) is 0 Å². The molecule has 0 aromatic heterocycles. The Balaban J connectivity index is 1.60. The standard InChI is InChI=1S/C20H30O3/c1-19-9-7-14(22)11-13(19)3-4-15-16-5-6-18(23-12-21)20(16,2)10-8-17(15)19/h12-13,15-18H,3-11H2,1-2H3/t13-,15+,16-,17-,18+,19-,20-/m0/s1. The van der Waals surface area contributed by atoms with Crippen molar-refractivity contribution in [3.8, 4) is 0 Å². The molecule has 0 unspecified atom stereocenters. The SMILES string of the molecule is C[C@]12CCC(=O)C[C@@H]1CC[C@H]1[C@@H]2CC[C@]2(C)[C@H](OC=O)CC[C@@H]12. The first-order valence-corrected chi connectivity index (χ1v) is 9.60. The van der Waals surface area contributed by atoms with Crippen molar-refractivity contribution in [2.75, 3.05) is 0 Å². The summed E-state index contributed by atoms with van der Waals surface area (Å²) in [6, 6.07) is 0. The molecule has 3 nitrogen and oxygen atoms in total. The smallest absolute Gasteiger partial charge is 0.293 e. The molecule has 0 heterocycles. The fourth-order valence-electron chi connectivity index (χ4n) is 7.29. The van der Waals surface area contributed by atoms with Crippen LogP contribution in [0.3, 0.4) is 0 Å². The molecule has 7 atom stereocenters. The molecule has 0 N–H and O–H groups in total. The highest BCUT2D eigenvalue weighted by Gasteiger charge is 2.60. The molecular weight excluding hydrogens is 288 g/mol. The predicted octanol–water partition coefficient (Wildman–Crippen LogP) is 4.14. The van der Waals surface area contributed by atoms with Gasteiger partial charge in [0, 0.05) is 18.3 Å². The highest BCUT2D eigenvalue weighted by atomic mass is 16.5. The Morgan fingerprint density at radius 3 is 2.57 bits per heavy atom. The monoisotopic (exact) mass is 318 g/mol. The van der Waals surface area contributed by atoms with Gasteiger partial charge < -0.3 is 4.74 Å². The van der Waals surface area contributed by atoms with Gasteiger partial charge in [-0.25, -0.2) is 0 Å². The lowest BCUT2D eigenvalue weighted by molar-refractivity contribution is -0.153. The summed E-state index contributed by atoms with van der Waals surface area (Å²) in [5.74, 6) is 3.39. The number of fused-ring (bicyclic) bond motifs is 5. The van der Waals surface area contributed by atoms with E-state index in [-0.39, 0.29) is 11.5 Å². The van der Waals surface area contributed by atoms with E-state index in [0.717, 1.165) is 37.5 Å². The van der Waals surface area contributed by atoms with Crippen molar-refractivity contribution in [3.63, 3.8) is 0 Å². The summed E-state index contributed by atoms with van der Waals surface area (Å²) in [6.07, 6.45) is 10.1. The van der Waals surface area contributed by atoms with Crippen molar-refractivity contribution in [2.45, 2.75) is 77.7 Å².